The first-order chi connectivity index (χ1) is 3.98. The molecule has 2 nitrogen and oxygen atoms in total. The average Bonchev–Trinajstić information content (AvgIpc) is 1.64. The predicted octanol–water partition coefficient (Wildman–Crippen LogP) is 2.64. The second kappa shape index (κ2) is 5.43. The first kappa shape index (κ1) is 13.4. The first-order valence-corrected chi connectivity index (χ1v) is 3.70. The minimum atomic E-state index is -0.226. The van der Waals surface area contributed by atoms with Crippen LogP contribution in [0.15, 0.2) is 0 Å². The van der Waals surface area contributed by atoms with Crippen LogP contribution in [0.3, 0.4) is 0 Å². The van der Waals surface area contributed by atoms with Crippen molar-refractivity contribution in [3.05, 3.63) is 0 Å². The molecule has 0 aromatic heterocycles. The Morgan fingerprint density at radius 3 is 1.90 bits per heavy atom. The third-order valence-electron chi connectivity index (χ3n) is 1.42. The quantitative estimate of drug-likeness (QED) is 0.501. The van der Waals surface area contributed by atoms with Crippen LogP contribution in [0.4, 0.5) is 0 Å². The molecule has 0 saturated carbocycles. The fourth-order valence-electron chi connectivity index (χ4n) is 0.223. The Morgan fingerprint density at radius 1 is 1.40 bits per heavy atom. The molecule has 58 valence electrons. The van der Waals surface area contributed by atoms with Crippen molar-refractivity contribution in [3.8, 4) is 0 Å². The summed E-state index contributed by atoms with van der Waals surface area (Å²) < 4.78 is 14.8. The Labute approximate surface area is 78.9 Å². The molecular weight excluding hydrogens is 183 g/mol. The van der Waals surface area contributed by atoms with Crippen molar-refractivity contribution in [2.24, 2.45) is 5.41 Å². The van der Waals surface area contributed by atoms with E-state index in [4.69, 9.17) is 4.52 Å². The van der Waals surface area contributed by atoms with Crippen LogP contribution in [-0.2, 0) is 30.8 Å². The van der Waals surface area contributed by atoms with Gasteiger partial charge >= 0.3 is 8.69 Å². The van der Waals surface area contributed by atoms with Gasteiger partial charge in [0.15, 0.2) is 0 Å². The maximum Gasteiger partial charge on any atom is 0.327 e. The topological polar surface area (TPSA) is 26.3 Å². The summed E-state index contributed by atoms with van der Waals surface area (Å²) in [7, 11) is -0.226. The van der Waals surface area contributed by atoms with E-state index in [1.54, 1.807) is 0 Å². The molecule has 10 heavy (non-hydrogen) atoms. The molecule has 0 heterocycles. The molecule has 0 amide bonds. The molecule has 0 aliphatic carbocycles. The molecule has 1 unspecified atom stereocenters. The number of hydrogen-bond donors (Lipinski definition) is 0. The van der Waals surface area contributed by atoms with Gasteiger partial charge in [-0.1, -0.05) is 20.8 Å². The van der Waals surface area contributed by atoms with Crippen LogP contribution in [0, 0.1) is 5.41 Å². The van der Waals surface area contributed by atoms with Gasteiger partial charge in [-0.2, -0.15) is 0 Å². The van der Waals surface area contributed by atoms with Crippen LogP contribution >= 0.6 is 8.69 Å². The zero-order valence-electron chi connectivity index (χ0n) is 6.84. The zero-order chi connectivity index (χ0) is 7.49. The average molecular weight is 196 g/mol. The van der Waals surface area contributed by atoms with Crippen molar-refractivity contribution < 1.29 is 30.8 Å². The molecule has 4 heteroatoms. The van der Waals surface area contributed by atoms with Crippen LogP contribution in [0.25, 0.3) is 0 Å². The van der Waals surface area contributed by atoms with E-state index in [1.165, 1.54) is 0 Å². The molecule has 0 bridgehead atoms. The van der Waals surface area contributed by atoms with Gasteiger partial charge in [-0.3, -0.25) is 4.52 Å². The van der Waals surface area contributed by atoms with Crippen molar-refractivity contribution in [1.82, 2.24) is 0 Å². The largest absolute Gasteiger partial charge is 0.327 e. The molecule has 0 aliphatic heterocycles. The van der Waals surface area contributed by atoms with E-state index in [2.05, 4.69) is 0 Å². The summed E-state index contributed by atoms with van der Waals surface area (Å²) in [6, 6.07) is 0. The minimum absolute atomic E-state index is 0. The van der Waals surface area contributed by atoms with Crippen LogP contribution in [0.2, 0.25) is 0 Å². The zero-order valence-corrected chi connectivity index (χ0v) is 9.30. The fraction of sp³-hybridized carbons (Fsp3) is 1.00. The van der Waals surface area contributed by atoms with E-state index in [-0.39, 0.29) is 41.9 Å². The molecule has 0 aromatic carbocycles. The van der Waals surface area contributed by atoms with Gasteiger partial charge in [-0.15, -0.1) is 0 Å². The third-order valence-corrected chi connectivity index (χ3v) is 1.82. The van der Waals surface area contributed by atoms with E-state index in [1.807, 2.05) is 27.7 Å². The van der Waals surface area contributed by atoms with Gasteiger partial charge in [0.05, 0.1) is 6.10 Å². The summed E-state index contributed by atoms with van der Waals surface area (Å²) in [5, 5.41) is 0. The second-order valence-electron chi connectivity index (χ2n) is 3.19. The molecule has 1 atom stereocenters. The SMILES string of the molecule is CC(OP=O)C(C)(C)C.[Ti]. The maximum absolute atomic E-state index is 9.94. The third kappa shape index (κ3) is 5.55. The van der Waals surface area contributed by atoms with Crippen molar-refractivity contribution in [2.45, 2.75) is 33.8 Å². The van der Waals surface area contributed by atoms with Crippen LogP contribution in [0.5, 0.6) is 0 Å². The summed E-state index contributed by atoms with van der Waals surface area (Å²) >= 11 is 0. The van der Waals surface area contributed by atoms with E-state index in [0.29, 0.717) is 0 Å². The maximum atomic E-state index is 9.94. The van der Waals surface area contributed by atoms with Gasteiger partial charge in [-0.05, 0) is 12.3 Å². The number of hydrogen-bond acceptors (Lipinski definition) is 2. The summed E-state index contributed by atoms with van der Waals surface area (Å²) in [6.07, 6.45) is 0.0386. The second-order valence-corrected chi connectivity index (χ2v) is 3.55. The van der Waals surface area contributed by atoms with Gasteiger partial charge < -0.3 is 0 Å². The molecule has 0 spiro atoms. The van der Waals surface area contributed by atoms with Gasteiger partial charge in [0.25, 0.3) is 0 Å². The Morgan fingerprint density at radius 2 is 1.80 bits per heavy atom. The van der Waals surface area contributed by atoms with Crippen LogP contribution < -0.4 is 0 Å². The standard InChI is InChI=1S/C6H13O2P.Ti/c1-5(8-9-7)6(2,3)4;/h5H,1-4H3;. The van der Waals surface area contributed by atoms with E-state index >= 15 is 0 Å². The van der Waals surface area contributed by atoms with Gasteiger partial charge in [0.2, 0.25) is 0 Å². The molecule has 0 radical (unpaired) electrons. The van der Waals surface area contributed by atoms with Crippen LogP contribution in [-0.4, -0.2) is 6.10 Å². The summed E-state index contributed by atoms with van der Waals surface area (Å²) in [5.41, 5.74) is 0.0808. The summed E-state index contributed by atoms with van der Waals surface area (Å²) in [4.78, 5) is 0. The molecule has 0 N–H and O–H groups in total. The van der Waals surface area contributed by atoms with Crippen molar-refractivity contribution in [2.75, 3.05) is 0 Å². The molecular formula is C6H13O2PTi. The van der Waals surface area contributed by atoms with Crippen LogP contribution in [0.1, 0.15) is 27.7 Å². The summed E-state index contributed by atoms with van der Waals surface area (Å²) in [5.74, 6) is 0. The Bertz CT molecular complexity index is 100. The molecule has 0 aromatic rings. The van der Waals surface area contributed by atoms with E-state index < -0.39 is 0 Å². The molecule has 0 rings (SSSR count). The molecule has 0 fully saturated rings. The Hall–Kier alpha value is 0.774. The monoisotopic (exact) mass is 196 g/mol. The Kier molecular flexibility index (Phi) is 7.26. The molecule has 0 aliphatic rings. The first-order valence-electron chi connectivity index (χ1n) is 2.97. The van der Waals surface area contributed by atoms with E-state index in [9.17, 15) is 4.57 Å². The van der Waals surface area contributed by atoms with Crippen molar-refractivity contribution >= 4 is 8.69 Å². The van der Waals surface area contributed by atoms with Gasteiger partial charge in [0, 0.05) is 21.7 Å². The summed E-state index contributed by atoms with van der Waals surface area (Å²) in [6.45, 7) is 8.04. The van der Waals surface area contributed by atoms with Crippen molar-refractivity contribution in [3.63, 3.8) is 0 Å². The fourth-order valence-corrected chi connectivity index (χ4v) is 0.668. The van der Waals surface area contributed by atoms with E-state index in [0.717, 1.165) is 0 Å². The number of rotatable bonds is 2. The normalized spacial score (nSPS) is 14.4. The predicted molar refractivity (Wildman–Crippen MR) is 37.6 cm³/mol. The van der Waals surface area contributed by atoms with Gasteiger partial charge in [0.1, 0.15) is 0 Å². The molecule has 0 saturated heterocycles. The van der Waals surface area contributed by atoms with Gasteiger partial charge in [-0.25, -0.2) is 4.57 Å². The smallest absolute Gasteiger partial charge is 0.291 e. The van der Waals surface area contributed by atoms with Crippen molar-refractivity contribution in [1.29, 1.82) is 0 Å². The Balaban J connectivity index is 0. The minimum Gasteiger partial charge on any atom is -0.291 e.